The molecule has 2 unspecified atom stereocenters. The molecule has 0 bridgehead atoms. The van der Waals surface area contributed by atoms with Crippen LogP contribution in [-0.2, 0) is 18.3 Å². The van der Waals surface area contributed by atoms with Crippen molar-refractivity contribution in [3.8, 4) is 0 Å². The van der Waals surface area contributed by atoms with E-state index < -0.39 is 0 Å². The molecule has 5 nitrogen and oxygen atoms in total. The molecule has 2 atom stereocenters. The summed E-state index contributed by atoms with van der Waals surface area (Å²) >= 11 is 0. The second-order valence-electron chi connectivity index (χ2n) is 6.86. The Labute approximate surface area is 134 Å². The van der Waals surface area contributed by atoms with E-state index in [-0.39, 0.29) is 5.91 Å². The zero-order chi connectivity index (χ0) is 16.1. The second kappa shape index (κ2) is 7.77. The molecule has 1 aliphatic carbocycles. The highest BCUT2D eigenvalue weighted by molar-refractivity contribution is 5.76. The predicted octanol–water partition coefficient (Wildman–Crippen LogP) is 1.90. The van der Waals surface area contributed by atoms with Gasteiger partial charge in [-0.25, -0.2) is 0 Å². The van der Waals surface area contributed by atoms with Crippen LogP contribution < -0.4 is 5.32 Å². The first-order valence-electron chi connectivity index (χ1n) is 8.39. The van der Waals surface area contributed by atoms with Crippen molar-refractivity contribution in [3.63, 3.8) is 0 Å². The largest absolute Gasteiger partial charge is 0.353 e. The Bertz CT molecular complexity index is 495. The van der Waals surface area contributed by atoms with Crippen molar-refractivity contribution in [1.82, 2.24) is 20.0 Å². The zero-order valence-corrected chi connectivity index (χ0v) is 14.4. The number of hydrogen-bond donors (Lipinski definition) is 1. The first-order chi connectivity index (χ1) is 10.5. The zero-order valence-electron chi connectivity index (χ0n) is 14.4. The molecule has 1 heterocycles. The number of nitrogens with zero attached hydrogens (tertiary/aromatic N) is 3. The van der Waals surface area contributed by atoms with Gasteiger partial charge in [0.2, 0.25) is 5.91 Å². The summed E-state index contributed by atoms with van der Waals surface area (Å²) < 4.78 is 1.86. The fraction of sp³-hybridized carbons (Fsp3) is 0.765. The van der Waals surface area contributed by atoms with Gasteiger partial charge in [-0.1, -0.05) is 12.8 Å². The van der Waals surface area contributed by atoms with Crippen LogP contribution >= 0.6 is 0 Å². The van der Waals surface area contributed by atoms with Crippen molar-refractivity contribution in [2.75, 3.05) is 20.6 Å². The van der Waals surface area contributed by atoms with E-state index in [1.165, 1.54) is 24.8 Å². The SMILES string of the molecule is Cc1c(CCC(=O)NC2CCCCC2CN(C)C)cnn1C. The maximum Gasteiger partial charge on any atom is 0.220 e. The van der Waals surface area contributed by atoms with Gasteiger partial charge in [0, 0.05) is 31.7 Å². The van der Waals surface area contributed by atoms with Crippen molar-refractivity contribution in [1.29, 1.82) is 0 Å². The summed E-state index contributed by atoms with van der Waals surface area (Å²) in [5, 5.41) is 7.51. The number of carbonyl (C=O) groups excluding carboxylic acids is 1. The van der Waals surface area contributed by atoms with E-state index in [1.54, 1.807) is 0 Å². The lowest BCUT2D eigenvalue weighted by Gasteiger charge is -2.34. The standard InChI is InChI=1S/C17H30N4O/c1-13-14(11-18-21(13)4)9-10-17(22)19-16-8-6-5-7-15(16)12-20(2)3/h11,15-16H,5-10,12H2,1-4H3,(H,19,22). The number of amides is 1. The van der Waals surface area contributed by atoms with E-state index in [1.807, 2.05) is 17.9 Å². The highest BCUT2D eigenvalue weighted by atomic mass is 16.1. The Hall–Kier alpha value is -1.36. The number of nitrogens with one attached hydrogen (secondary N) is 1. The van der Waals surface area contributed by atoms with E-state index in [0.717, 1.165) is 25.1 Å². The third kappa shape index (κ3) is 4.57. The molecule has 0 saturated heterocycles. The van der Waals surface area contributed by atoms with E-state index >= 15 is 0 Å². The van der Waals surface area contributed by atoms with Crippen LogP contribution in [0.1, 0.15) is 43.4 Å². The molecule has 124 valence electrons. The normalized spacial score (nSPS) is 22.0. The minimum absolute atomic E-state index is 0.180. The summed E-state index contributed by atoms with van der Waals surface area (Å²) in [6.45, 7) is 3.11. The van der Waals surface area contributed by atoms with Crippen LogP contribution in [0.4, 0.5) is 0 Å². The number of hydrogen-bond acceptors (Lipinski definition) is 3. The lowest BCUT2D eigenvalue weighted by molar-refractivity contribution is -0.122. The molecule has 5 heteroatoms. The topological polar surface area (TPSA) is 50.2 Å². The fourth-order valence-electron chi connectivity index (χ4n) is 3.40. The lowest BCUT2D eigenvalue weighted by Crippen LogP contribution is -2.45. The number of aryl methyl sites for hydroxylation is 2. The van der Waals surface area contributed by atoms with Gasteiger partial charge in [-0.3, -0.25) is 9.48 Å². The highest BCUT2D eigenvalue weighted by Gasteiger charge is 2.26. The molecule has 1 amide bonds. The Morgan fingerprint density at radius 1 is 1.41 bits per heavy atom. The van der Waals surface area contributed by atoms with Gasteiger partial charge < -0.3 is 10.2 Å². The number of rotatable bonds is 6. The first-order valence-corrected chi connectivity index (χ1v) is 8.39. The molecular weight excluding hydrogens is 276 g/mol. The third-order valence-corrected chi connectivity index (χ3v) is 4.81. The Morgan fingerprint density at radius 3 is 2.77 bits per heavy atom. The summed E-state index contributed by atoms with van der Waals surface area (Å²) in [4.78, 5) is 14.5. The fourth-order valence-corrected chi connectivity index (χ4v) is 3.40. The molecule has 1 N–H and O–H groups in total. The summed E-state index contributed by atoms with van der Waals surface area (Å²) in [7, 11) is 6.16. The van der Waals surface area contributed by atoms with Gasteiger partial charge in [0.05, 0.1) is 6.20 Å². The van der Waals surface area contributed by atoms with Crippen LogP contribution in [0.5, 0.6) is 0 Å². The van der Waals surface area contributed by atoms with Gasteiger partial charge in [-0.15, -0.1) is 0 Å². The maximum atomic E-state index is 12.3. The quantitative estimate of drug-likeness (QED) is 0.873. The molecule has 1 fully saturated rings. The monoisotopic (exact) mass is 306 g/mol. The molecule has 0 aliphatic heterocycles. The van der Waals surface area contributed by atoms with Gasteiger partial charge in [0.25, 0.3) is 0 Å². The minimum atomic E-state index is 0.180. The second-order valence-corrected chi connectivity index (χ2v) is 6.86. The average Bonchev–Trinajstić information content (AvgIpc) is 2.78. The van der Waals surface area contributed by atoms with Crippen molar-refractivity contribution in [2.45, 2.75) is 51.5 Å². The Kier molecular flexibility index (Phi) is 6.00. The molecule has 0 spiro atoms. The van der Waals surface area contributed by atoms with E-state index in [0.29, 0.717) is 18.4 Å². The van der Waals surface area contributed by atoms with Crippen LogP contribution in [0.15, 0.2) is 6.20 Å². The summed E-state index contributed by atoms with van der Waals surface area (Å²) in [5.74, 6) is 0.770. The van der Waals surface area contributed by atoms with Gasteiger partial charge in [-0.05, 0) is 51.8 Å². The summed E-state index contributed by atoms with van der Waals surface area (Å²) in [5.41, 5.74) is 2.32. The molecule has 1 saturated carbocycles. The van der Waals surface area contributed by atoms with Crippen LogP contribution in [0.3, 0.4) is 0 Å². The van der Waals surface area contributed by atoms with Crippen LogP contribution in [0.2, 0.25) is 0 Å². The van der Waals surface area contributed by atoms with E-state index in [9.17, 15) is 4.79 Å². The molecule has 22 heavy (non-hydrogen) atoms. The Morgan fingerprint density at radius 2 is 2.14 bits per heavy atom. The summed E-state index contributed by atoms with van der Waals surface area (Å²) in [6, 6.07) is 0.346. The van der Waals surface area contributed by atoms with Gasteiger partial charge >= 0.3 is 0 Å². The third-order valence-electron chi connectivity index (χ3n) is 4.81. The van der Waals surface area contributed by atoms with E-state index in [4.69, 9.17) is 0 Å². The van der Waals surface area contributed by atoms with Gasteiger partial charge in [0.1, 0.15) is 0 Å². The molecule has 2 rings (SSSR count). The molecule has 1 aliphatic rings. The highest BCUT2D eigenvalue weighted by Crippen LogP contribution is 2.25. The first kappa shape index (κ1) is 17.0. The number of aromatic nitrogens is 2. The molecular formula is C17H30N4O. The molecule has 1 aromatic rings. The van der Waals surface area contributed by atoms with Crippen LogP contribution in [0, 0.1) is 12.8 Å². The summed E-state index contributed by atoms with van der Waals surface area (Å²) in [6.07, 6.45) is 8.07. The molecule has 1 aromatic heterocycles. The van der Waals surface area contributed by atoms with Crippen molar-refractivity contribution >= 4 is 5.91 Å². The van der Waals surface area contributed by atoms with Crippen LogP contribution in [-0.4, -0.2) is 47.3 Å². The molecule has 0 aromatic carbocycles. The smallest absolute Gasteiger partial charge is 0.220 e. The minimum Gasteiger partial charge on any atom is -0.353 e. The van der Waals surface area contributed by atoms with Gasteiger partial charge in [-0.2, -0.15) is 5.10 Å². The van der Waals surface area contributed by atoms with Crippen molar-refractivity contribution in [3.05, 3.63) is 17.5 Å². The average molecular weight is 306 g/mol. The molecule has 0 radical (unpaired) electrons. The Balaban J connectivity index is 1.83. The van der Waals surface area contributed by atoms with Crippen LogP contribution in [0.25, 0.3) is 0 Å². The van der Waals surface area contributed by atoms with Crippen molar-refractivity contribution in [2.24, 2.45) is 13.0 Å². The lowest BCUT2D eigenvalue weighted by atomic mass is 9.84. The predicted molar refractivity (Wildman–Crippen MR) is 88.7 cm³/mol. The number of carbonyl (C=O) groups is 1. The van der Waals surface area contributed by atoms with Gasteiger partial charge in [0.15, 0.2) is 0 Å². The maximum absolute atomic E-state index is 12.3. The van der Waals surface area contributed by atoms with E-state index in [2.05, 4.69) is 36.3 Å². The van der Waals surface area contributed by atoms with Crippen molar-refractivity contribution < 1.29 is 4.79 Å².